The molecule has 0 spiro atoms. The second kappa shape index (κ2) is 6.11. The maximum atomic E-state index is 9.66. The monoisotopic (exact) mass is 279 g/mol. The second-order valence-corrected chi connectivity index (χ2v) is 4.00. The molecule has 0 aliphatic carbocycles. The molecule has 100 valence electrons. The molecule has 0 aliphatic heterocycles. The van der Waals surface area contributed by atoms with Crippen molar-refractivity contribution >= 4 is 18.1 Å². The fourth-order valence-electron chi connectivity index (χ4n) is 1.79. The number of aromatic hydroxyl groups is 3. The van der Waals surface area contributed by atoms with Crippen LogP contribution < -0.4 is 0 Å². The summed E-state index contributed by atoms with van der Waals surface area (Å²) in [4.78, 5) is 0. The highest BCUT2D eigenvalue weighted by Crippen LogP contribution is 2.32. The van der Waals surface area contributed by atoms with Crippen LogP contribution in [0.5, 0.6) is 17.2 Å². The van der Waals surface area contributed by atoms with Gasteiger partial charge in [-0.2, -0.15) is 0 Å². The highest BCUT2D eigenvalue weighted by atomic mass is 35.5. The van der Waals surface area contributed by atoms with Gasteiger partial charge in [0.25, 0.3) is 0 Å². The summed E-state index contributed by atoms with van der Waals surface area (Å²) >= 11 is 0. The van der Waals surface area contributed by atoms with Gasteiger partial charge in [-0.05, 0) is 5.56 Å². The molecule has 19 heavy (non-hydrogen) atoms. The molecule has 0 radical (unpaired) electrons. The van der Waals surface area contributed by atoms with E-state index in [-0.39, 0.29) is 40.9 Å². The van der Waals surface area contributed by atoms with Gasteiger partial charge in [0.2, 0.25) is 0 Å². The quantitative estimate of drug-likeness (QED) is 0.652. The second-order valence-electron chi connectivity index (χ2n) is 4.00. The largest absolute Gasteiger partial charge is 0.508 e. The SMILES string of the molecule is Cl.N=C(Cc1ccccc1)c1c(O)cc(O)cc1O. The van der Waals surface area contributed by atoms with Crippen molar-refractivity contribution in [2.75, 3.05) is 0 Å². The molecule has 4 nitrogen and oxygen atoms in total. The number of nitrogens with one attached hydrogen (secondary N) is 1. The summed E-state index contributed by atoms with van der Waals surface area (Å²) in [7, 11) is 0. The lowest BCUT2D eigenvalue weighted by Gasteiger charge is -2.09. The van der Waals surface area contributed by atoms with E-state index in [1.54, 1.807) is 0 Å². The number of phenolic OH excluding ortho intramolecular Hbond substituents is 3. The van der Waals surface area contributed by atoms with Crippen molar-refractivity contribution in [2.24, 2.45) is 0 Å². The Morgan fingerprint density at radius 2 is 1.47 bits per heavy atom. The van der Waals surface area contributed by atoms with Gasteiger partial charge in [0.15, 0.2) is 0 Å². The number of rotatable bonds is 3. The van der Waals surface area contributed by atoms with Crippen LogP contribution in [0.3, 0.4) is 0 Å². The zero-order chi connectivity index (χ0) is 13.1. The Kier molecular flexibility index (Phi) is 4.78. The van der Waals surface area contributed by atoms with Crippen molar-refractivity contribution in [3.8, 4) is 17.2 Å². The van der Waals surface area contributed by atoms with Crippen LogP contribution in [0.2, 0.25) is 0 Å². The smallest absolute Gasteiger partial charge is 0.132 e. The van der Waals surface area contributed by atoms with Crippen LogP contribution in [0.25, 0.3) is 0 Å². The third kappa shape index (κ3) is 3.39. The molecule has 0 saturated heterocycles. The Bertz CT molecular complexity index is 561. The molecule has 0 bridgehead atoms. The Morgan fingerprint density at radius 3 is 2.00 bits per heavy atom. The summed E-state index contributed by atoms with van der Waals surface area (Å²) < 4.78 is 0. The molecule has 0 atom stereocenters. The molecule has 0 fully saturated rings. The zero-order valence-electron chi connectivity index (χ0n) is 10.00. The lowest BCUT2D eigenvalue weighted by atomic mass is 10.0. The molecule has 0 saturated carbocycles. The molecular formula is C14H14ClNO3. The summed E-state index contributed by atoms with van der Waals surface area (Å²) in [6.45, 7) is 0. The van der Waals surface area contributed by atoms with Crippen LogP contribution in [-0.2, 0) is 6.42 Å². The normalized spacial score (nSPS) is 9.68. The number of halogens is 1. The summed E-state index contributed by atoms with van der Waals surface area (Å²) in [6.07, 6.45) is 0.298. The highest BCUT2D eigenvalue weighted by Gasteiger charge is 2.14. The summed E-state index contributed by atoms with van der Waals surface area (Å²) in [6, 6.07) is 11.5. The molecule has 5 heteroatoms. The van der Waals surface area contributed by atoms with Gasteiger partial charge < -0.3 is 20.7 Å². The molecule has 2 rings (SSSR count). The van der Waals surface area contributed by atoms with E-state index in [0.717, 1.165) is 17.7 Å². The van der Waals surface area contributed by atoms with Crippen molar-refractivity contribution < 1.29 is 15.3 Å². The van der Waals surface area contributed by atoms with E-state index in [2.05, 4.69) is 0 Å². The van der Waals surface area contributed by atoms with Gasteiger partial charge >= 0.3 is 0 Å². The third-order valence-electron chi connectivity index (χ3n) is 2.61. The average Bonchev–Trinajstić information content (AvgIpc) is 2.28. The van der Waals surface area contributed by atoms with Crippen molar-refractivity contribution in [1.82, 2.24) is 0 Å². The van der Waals surface area contributed by atoms with Gasteiger partial charge in [-0.1, -0.05) is 30.3 Å². The van der Waals surface area contributed by atoms with E-state index in [1.165, 1.54) is 0 Å². The van der Waals surface area contributed by atoms with Crippen LogP contribution in [0.1, 0.15) is 11.1 Å². The van der Waals surface area contributed by atoms with E-state index in [9.17, 15) is 15.3 Å². The Hall–Kier alpha value is -2.20. The topological polar surface area (TPSA) is 84.5 Å². The zero-order valence-corrected chi connectivity index (χ0v) is 10.8. The van der Waals surface area contributed by atoms with E-state index in [4.69, 9.17) is 5.41 Å². The minimum Gasteiger partial charge on any atom is -0.508 e. The highest BCUT2D eigenvalue weighted by molar-refractivity contribution is 6.04. The first-order chi connectivity index (χ1) is 8.58. The minimum absolute atomic E-state index is 0. The average molecular weight is 280 g/mol. The Balaban J connectivity index is 0.00000180. The fraction of sp³-hybridized carbons (Fsp3) is 0.0714. The van der Waals surface area contributed by atoms with Crippen LogP contribution in [0.15, 0.2) is 42.5 Å². The molecule has 0 unspecified atom stereocenters. The van der Waals surface area contributed by atoms with Crippen LogP contribution in [-0.4, -0.2) is 21.0 Å². The van der Waals surface area contributed by atoms with Crippen molar-refractivity contribution in [3.63, 3.8) is 0 Å². The molecule has 0 heterocycles. The van der Waals surface area contributed by atoms with E-state index < -0.39 is 0 Å². The van der Waals surface area contributed by atoms with Gasteiger partial charge in [0.1, 0.15) is 17.2 Å². The van der Waals surface area contributed by atoms with E-state index >= 15 is 0 Å². The summed E-state index contributed by atoms with van der Waals surface area (Å²) in [5.74, 6) is -0.830. The Labute approximate surface area is 116 Å². The molecular weight excluding hydrogens is 266 g/mol. The lowest BCUT2D eigenvalue weighted by molar-refractivity contribution is 0.426. The van der Waals surface area contributed by atoms with Crippen LogP contribution >= 0.6 is 12.4 Å². The molecule has 4 N–H and O–H groups in total. The first kappa shape index (κ1) is 14.9. The summed E-state index contributed by atoms with van der Waals surface area (Å²) in [5, 5.41) is 36.4. The standard InChI is InChI=1S/C14H13NO3.ClH/c15-11(6-9-4-2-1-3-5-9)14-12(17)7-10(16)8-13(14)18;/h1-5,7-8,15-18H,6H2;1H. The number of benzene rings is 2. The van der Waals surface area contributed by atoms with Crippen molar-refractivity contribution in [2.45, 2.75) is 6.42 Å². The molecule has 0 aromatic heterocycles. The number of hydrogen-bond donors (Lipinski definition) is 4. The maximum Gasteiger partial charge on any atom is 0.132 e. The van der Waals surface area contributed by atoms with E-state index in [1.807, 2.05) is 30.3 Å². The van der Waals surface area contributed by atoms with Crippen LogP contribution in [0.4, 0.5) is 0 Å². The first-order valence-corrected chi connectivity index (χ1v) is 5.44. The molecule has 2 aromatic carbocycles. The predicted molar refractivity (Wildman–Crippen MR) is 75.7 cm³/mol. The lowest BCUT2D eigenvalue weighted by Crippen LogP contribution is -2.04. The molecule has 2 aromatic rings. The van der Waals surface area contributed by atoms with Crippen molar-refractivity contribution in [1.29, 1.82) is 5.41 Å². The third-order valence-corrected chi connectivity index (χ3v) is 2.61. The first-order valence-electron chi connectivity index (χ1n) is 5.44. The minimum atomic E-state index is -0.298. The van der Waals surface area contributed by atoms with Gasteiger partial charge in [-0.15, -0.1) is 12.4 Å². The number of hydrogen-bond acceptors (Lipinski definition) is 4. The van der Waals surface area contributed by atoms with Crippen molar-refractivity contribution in [3.05, 3.63) is 53.6 Å². The number of phenols is 3. The fourth-order valence-corrected chi connectivity index (χ4v) is 1.79. The maximum absolute atomic E-state index is 9.66. The predicted octanol–water partition coefficient (Wildman–Crippen LogP) is 2.84. The molecule has 0 aliphatic rings. The van der Waals surface area contributed by atoms with E-state index in [0.29, 0.717) is 6.42 Å². The van der Waals surface area contributed by atoms with Gasteiger partial charge in [0, 0.05) is 18.6 Å². The molecule has 0 amide bonds. The summed E-state index contributed by atoms with van der Waals surface area (Å²) in [5.41, 5.74) is 1.06. The Morgan fingerprint density at radius 1 is 0.947 bits per heavy atom. The van der Waals surface area contributed by atoms with Crippen LogP contribution in [0, 0.1) is 5.41 Å². The van der Waals surface area contributed by atoms with Gasteiger partial charge in [-0.25, -0.2) is 0 Å². The van der Waals surface area contributed by atoms with Gasteiger partial charge in [-0.3, -0.25) is 0 Å². The van der Waals surface area contributed by atoms with Gasteiger partial charge in [0.05, 0.1) is 11.3 Å².